The number of aliphatic hydroxyl groups is 1. The third-order valence-electron chi connectivity index (χ3n) is 2.03. The quantitative estimate of drug-likeness (QED) is 0.715. The van der Waals surface area contributed by atoms with E-state index in [1.807, 2.05) is 0 Å². The van der Waals surface area contributed by atoms with Crippen LogP contribution in [0.1, 0.15) is 5.56 Å². The summed E-state index contributed by atoms with van der Waals surface area (Å²) in [6, 6.07) is 6.79. The second-order valence-corrected chi connectivity index (χ2v) is 3.90. The van der Waals surface area contributed by atoms with E-state index < -0.39 is 12.1 Å². The molecule has 0 aliphatic heterocycles. The molecule has 0 aliphatic carbocycles. The van der Waals surface area contributed by atoms with E-state index in [-0.39, 0.29) is 18.9 Å². The summed E-state index contributed by atoms with van der Waals surface area (Å²) in [6.45, 7) is -0.311. The largest absolute Gasteiger partial charge is 0.479 e. The highest BCUT2D eigenvalue weighted by molar-refractivity contribution is 6.30. The third kappa shape index (κ3) is 4.84. The number of aliphatic carboxylic acids is 1. The summed E-state index contributed by atoms with van der Waals surface area (Å²) in [5, 5.41) is 20.2. The Hall–Kier alpha value is -1.59. The van der Waals surface area contributed by atoms with Crippen LogP contribution in [0.25, 0.3) is 0 Å². The van der Waals surface area contributed by atoms with Crippen LogP contribution in [0, 0.1) is 0 Å². The number of carbonyl (C=O) groups excluding carboxylic acids is 1. The van der Waals surface area contributed by atoms with Crippen molar-refractivity contribution in [2.24, 2.45) is 0 Å². The van der Waals surface area contributed by atoms with E-state index in [2.05, 4.69) is 5.32 Å². The number of nitrogens with one attached hydrogen (secondary N) is 1. The molecule has 0 bridgehead atoms. The van der Waals surface area contributed by atoms with Crippen LogP contribution in [0.15, 0.2) is 24.3 Å². The van der Waals surface area contributed by atoms with Crippen LogP contribution >= 0.6 is 11.6 Å². The third-order valence-corrected chi connectivity index (χ3v) is 2.27. The van der Waals surface area contributed by atoms with Gasteiger partial charge >= 0.3 is 5.97 Å². The van der Waals surface area contributed by atoms with Crippen LogP contribution in [0.3, 0.4) is 0 Å². The number of benzene rings is 1. The number of amides is 1. The second-order valence-electron chi connectivity index (χ2n) is 3.46. The zero-order valence-electron chi connectivity index (χ0n) is 8.89. The Bertz CT molecular complexity index is 422. The zero-order valence-corrected chi connectivity index (χ0v) is 9.65. The van der Waals surface area contributed by atoms with Crippen molar-refractivity contribution in [3.05, 3.63) is 34.9 Å². The first kappa shape index (κ1) is 13.5. The molecule has 0 aromatic heterocycles. The van der Waals surface area contributed by atoms with Crippen LogP contribution in [0.5, 0.6) is 0 Å². The number of aliphatic hydroxyl groups excluding tert-OH is 1. The van der Waals surface area contributed by atoms with E-state index in [0.29, 0.717) is 5.02 Å². The molecule has 3 N–H and O–H groups in total. The lowest BCUT2D eigenvalue weighted by Gasteiger charge is -2.07. The van der Waals surface area contributed by atoms with Crippen molar-refractivity contribution < 1.29 is 19.8 Å². The van der Waals surface area contributed by atoms with Gasteiger partial charge in [0.15, 0.2) is 6.10 Å². The fraction of sp³-hybridized carbons (Fsp3) is 0.273. The average Bonchev–Trinajstić information content (AvgIpc) is 2.25. The van der Waals surface area contributed by atoms with Crippen molar-refractivity contribution in [1.82, 2.24) is 5.32 Å². The Morgan fingerprint density at radius 2 is 2.12 bits per heavy atom. The first-order valence-corrected chi connectivity index (χ1v) is 5.29. The molecule has 0 saturated carbocycles. The van der Waals surface area contributed by atoms with Gasteiger partial charge in [-0.1, -0.05) is 23.7 Å². The van der Waals surface area contributed by atoms with Gasteiger partial charge in [-0.15, -0.1) is 0 Å². The van der Waals surface area contributed by atoms with Gasteiger partial charge < -0.3 is 15.5 Å². The first-order chi connectivity index (χ1) is 7.99. The lowest BCUT2D eigenvalue weighted by Crippen LogP contribution is -2.37. The highest BCUT2D eigenvalue weighted by Crippen LogP contribution is 2.10. The summed E-state index contributed by atoms with van der Waals surface area (Å²) in [5.41, 5.74) is 0.722. The van der Waals surface area contributed by atoms with E-state index in [1.165, 1.54) is 0 Å². The Morgan fingerprint density at radius 1 is 1.41 bits per heavy atom. The van der Waals surface area contributed by atoms with Crippen LogP contribution < -0.4 is 5.32 Å². The van der Waals surface area contributed by atoms with E-state index in [4.69, 9.17) is 21.8 Å². The van der Waals surface area contributed by atoms with E-state index in [1.54, 1.807) is 24.3 Å². The van der Waals surface area contributed by atoms with Gasteiger partial charge in [0.2, 0.25) is 5.91 Å². The van der Waals surface area contributed by atoms with Gasteiger partial charge in [-0.2, -0.15) is 0 Å². The van der Waals surface area contributed by atoms with Gasteiger partial charge in [-0.3, -0.25) is 4.79 Å². The zero-order chi connectivity index (χ0) is 12.8. The fourth-order valence-electron chi connectivity index (χ4n) is 1.19. The van der Waals surface area contributed by atoms with Crippen LogP contribution in [0.2, 0.25) is 5.02 Å². The van der Waals surface area contributed by atoms with E-state index in [9.17, 15) is 9.59 Å². The number of hydrogen-bond donors (Lipinski definition) is 3. The topological polar surface area (TPSA) is 86.6 Å². The first-order valence-electron chi connectivity index (χ1n) is 4.91. The normalized spacial score (nSPS) is 11.9. The second kappa shape index (κ2) is 6.22. The van der Waals surface area contributed by atoms with Crippen LogP contribution in [-0.2, 0) is 16.0 Å². The smallest absolute Gasteiger partial charge is 0.334 e. The number of hydrogen-bond acceptors (Lipinski definition) is 3. The standard InChI is InChI=1S/C11H12ClNO4/c12-8-3-1-2-7(4-8)5-10(15)13-6-9(14)11(16)17/h1-4,9,14H,5-6H2,(H,13,15)(H,16,17). The molecule has 0 aliphatic rings. The predicted molar refractivity (Wildman–Crippen MR) is 61.8 cm³/mol. The van der Waals surface area contributed by atoms with Gasteiger partial charge in [0, 0.05) is 5.02 Å². The molecular formula is C11H12ClNO4. The number of halogens is 1. The minimum atomic E-state index is -1.58. The molecule has 5 nitrogen and oxygen atoms in total. The highest BCUT2D eigenvalue weighted by Gasteiger charge is 2.14. The molecule has 1 unspecified atom stereocenters. The van der Waals surface area contributed by atoms with Crippen molar-refractivity contribution >= 4 is 23.5 Å². The Labute approximate surface area is 103 Å². The maximum atomic E-state index is 11.4. The van der Waals surface area contributed by atoms with Gasteiger partial charge in [-0.25, -0.2) is 4.79 Å². The van der Waals surface area contributed by atoms with Gasteiger partial charge in [0.1, 0.15) is 0 Å². The number of carbonyl (C=O) groups is 2. The summed E-state index contributed by atoms with van der Waals surface area (Å²) in [5.74, 6) is -1.74. The molecule has 1 atom stereocenters. The molecule has 1 amide bonds. The Balaban J connectivity index is 2.42. The Morgan fingerprint density at radius 3 is 2.71 bits per heavy atom. The van der Waals surface area contributed by atoms with Crippen molar-refractivity contribution in [2.75, 3.05) is 6.54 Å². The van der Waals surface area contributed by atoms with Gasteiger partial charge in [0.05, 0.1) is 13.0 Å². The molecule has 1 aromatic rings. The van der Waals surface area contributed by atoms with Crippen molar-refractivity contribution in [3.8, 4) is 0 Å². The summed E-state index contributed by atoms with van der Waals surface area (Å²) >= 11 is 5.75. The fourth-order valence-corrected chi connectivity index (χ4v) is 1.41. The van der Waals surface area contributed by atoms with Crippen molar-refractivity contribution in [2.45, 2.75) is 12.5 Å². The minimum Gasteiger partial charge on any atom is -0.479 e. The molecule has 0 spiro atoms. The summed E-state index contributed by atoms with van der Waals surface area (Å²) in [7, 11) is 0. The maximum absolute atomic E-state index is 11.4. The monoisotopic (exact) mass is 257 g/mol. The van der Waals surface area contributed by atoms with Crippen molar-refractivity contribution in [3.63, 3.8) is 0 Å². The van der Waals surface area contributed by atoms with E-state index in [0.717, 1.165) is 5.56 Å². The number of rotatable bonds is 5. The molecule has 0 heterocycles. The molecule has 0 fully saturated rings. The minimum absolute atomic E-state index is 0.0902. The lowest BCUT2D eigenvalue weighted by atomic mass is 10.1. The molecule has 17 heavy (non-hydrogen) atoms. The van der Waals surface area contributed by atoms with Crippen LogP contribution in [-0.4, -0.2) is 34.7 Å². The lowest BCUT2D eigenvalue weighted by molar-refractivity contribution is -0.146. The molecule has 0 saturated heterocycles. The molecule has 1 aromatic carbocycles. The van der Waals surface area contributed by atoms with Gasteiger partial charge in [-0.05, 0) is 17.7 Å². The summed E-state index contributed by atoms with van der Waals surface area (Å²) in [4.78, 5) is 21.7. The number of carboxylic acid groups (broad SMARTS) is 1. The number of carboxylic acids is 1. The average molecular weight is 258 g/mol. The SMILES string of the molecule is O=C(Cc1cccc(Cl)c1)NCC(O)C(=O)O. The molecule has 0 radical (unpaired) electrons. The summed E-state index contributed by atoms with van der Waals surface area (Å²) in [6.07, 6.45) is -1.49. The molecule has 6 heteroatoms. The Kier molecular flexibility index (Phi) is 4.93. The molecule has 92 valence electrons. The maximum Gasteiger partial charge on any atom is 0.334 e. The highest BCUT2D eigenvalue weighted by atomic mass is 35.5. The molecule has 1 rings (SSSR count). The molecular weight excluding hydrogens is 246 g/mol. The van der Waals surface area contributed by atoms with Crippen molar-refractivity contribution in [1.29, 1.82) is 0 Å². The van der Waals surface area contributed by atoms with Crippen LogP contribution in [0.4, 0.5) is 0 Å². The predicted octanol–water partition coefficient (Wildman–Crippen LogP) is 0.444. The van der Waals surface area contributed by atoms with Gasteiger partial charge in [0.25, 0.3) is 0 Å². The van der Waals surface area contributed by atoms with E-state index >= 15 is 0 Å². The summed E-state index contributed by atoms with van der Waals surface area (Å²) < 4.78 is 0.